The van der Waals surface area contributed by atoms with Gasteiger partial charge in [0.1, 0.15) is 11.6 Å². The third kappa shape index (κ3) is 1.54. The third-order valence-corrected chi connectivity index (χ3v) is 2.09. The first kappa shape index (κ1) is 8.97. The molecule has 0 bridgehead atoms. The molecule has 0 aliphatic rings. The number of hydrogen-bond donors (Lipinski definition) is 1. The summed E-state index contributed by atoms with van der Waals surface area (Å²) in [6, 6.07) is 9.36. The molecule has 1 aromatic carbocycles. The van der Waals surface area contributed by atoms with E-state index in [2.05, 4.69) is 0 Å². The minimum absolute atomic E-state index is 0.309. The highest BCUT2D eigenvalue weighted by atomic mass is 19.1. The lowest BCUT2D eigenvalue weighted by Gasteiger charge is -2.09. The van der Waals surface area contributed by atoms with Crippen molar-refractivity contribution in [2.24, 2.45) is 5.73 Å². The molecule has 72 valence electrons. The number of furan rings is 1. The van der Waals surface area contributed by atoms with Crippen molar-refractivity contribution in [3.8, 4) is 0 Å². The van der Waals surface area contributed by atoms with E-state index in [9.17, 15) is 4.39 Å². The fourth-order valence-corrected chi connectivity index (χ4v) is 1.35. The highest BCUT2D eigenvalue weighted by molar-refractivity contribution is 5.27. The van der Waals surface area contributed by atoms with Gasteiger partial charge in [0, 0.05) is 5.56 Å². The van der Waals surface area contributed by atoms with E-state index in [4.69, 9.17) is 10.2 Å². The van der Waals surface area contributed by atoms with E-state index in [0.29, 0.717) is 11.3 Å². The molecule has 2 aromatic rings. The predicted molar refractivity (Wildman–Crippen MR) is 51.1 cm³/mol. The van der Waals surface area contributed by atoms with Crippen LogP contribution in [0.1, 0.15) is 17.4 Å². The zero-order valence-corrected chi connectivity index (χ0v) is 7.48. The molecule has 1 unspecified atom stereocenters. The Morgan fingerprint density at radius 1 is 1.14 bits per heavy atom. The molecule has 0 amide bonds. The van der Waals surface area contributed by atoms with Gasteiger partial charge in [0.25, 0.3) is 0 Å². The molecule has 2 N–H and O–H groups in total. The molecule has 2 rings (SSSR count). The summed E-state index contributed by atoms with van der Waals surface area (Å²) in [5, 5.41) is 0. The second kappa shape index (κ2) is 3.64. The van der Waals surface area contributed by atoms with E-state index >= 15 is 0 Å². The molecule has 3 heteroatoms. The second-order valence-corrected chi connectivity index (χ2v) is 3.01. The van der Waals surface area contributed by atoms with Crippen LogP contribution >= 0.6 is 0 Å². The highest BCUT2D eigenvalue weighted by Gasteiger charge is 2.14. The lowest BCUT2D eigenvalue weighted by molar-refractivity contribution is 0.480. The summed E-state index contributed by atoms with van der Waals surface area (Å²) in [6.07, 6.45) is 1.52. The van der Waals surface area contributed by atoms with Crippen LogP contribution in [0.4, 0.5) is 4.39 Å². The van der Waals surface area contributed by atoms with Crippen LogP contribution in [0.15, 0.2) is 47.1 Å². The van der Waals surface area contributed by atoms with Crippen LogP contribution in [0.3, 0.4) is 0 Å². The summed E-state index contributed by atoms with van der Waals surface area (Å²) < 4.78 is 18.4. The van der Waals surface area contributed by atoms with Gasteiger partial charge in [-0.2, -0.15) is 0 Å². The molecule has 0 aliphatic carbocycles. The summed E-state index contributed by atoms with van der Waals surface area (Å²) in [5.41, 5.74) is 6.27. The molecule has 0 fully saturated rings. The maximum atomic E-state index is 13.3. The van der Waals surface area contributed by atoms with Crippen molar-refractivity contribution < 1.29 is 8.81 Å². The first-order valence-electron chi connectivity index (χ1n) is 4.32. The van der Waals surface area contributed by atoms with Crippen molar-refractivity contribution in [2.75, 3.05) is 0 Å². The largest absolute Gasteiger partial charge is 0.467 e. The van der Waals surface area contributed by atoms with Crippen LogP contribution in [-0.2, 0) is 0 Å². The smallest absolute Gasteiger partial charge is 0.128 e. The van der Waals surface area contributed by atoms with Gasteiger partial charge in [-0.3, -0.25) is 0 Å². The Labute approximate surface area is 81.2 Å². The lowest BCUT2D eigenvalue weighted by Crippen LogP contribution is -2.12. The summed E-state index contributed by atoms with van der Waals surface area (Å²) in [5.74, 6) is 0.256. The van der Waals surface area contributed by atoms with Crippen LogP contribution < -0.4 is 5.73 Å². The van der Waals surface area contributed by atoms with Crippen molar-refractivity contribution in [1.29, 1.82) is 0 Å². The maximum Gasteiger partial charge on any atom is 0.128 e. The number of benzene rings is 1. The summed E-state index contributed by atoms with van der Waals surface area (Å²) in [6.45, 7) is 0. The highest BCUT2D eigenvalue weighted by Crippen LogP contribution is 2.21. The molecule has 0 saturated heterocycles. The third-order valence-electron chi connectivity index (χ3n) is 2.09. The monoisotopic (exact) mass is 191 g/mol. The molecule has 2 nitrogen and oxygen atoms in total. The SMILES string of the molecule is NC(c1ccco1)c1ccccc1F. The van der Waals surface area contributed by atoms with Gasteiger partial charge < -0.3 is 10.2 Å². The van der Waals surface area contributed by atoms with Gasteiger partial charge in [-0.1, -0.05) is 18.2 Å². The van der Waals surface area contributed by atoms with Crippen LogP contribution in [0, 0.1) is 5.82 Å². The normalized spacial score (nSPS) is 12.7. The van der Waals surface area contributed by atoms with Crippen molar-refractivity contribution in [3.63, 3.8) is 0 Å². The van der Waals surface area contributed by atoms with Gasteiger partial charge >= 0.3 is 0 Å². The first-order chi connectivity index (χ1) is 6.79. The van der Waals surface area contributed by atoms with Gasteiger partial charge in [-0.25, -0.2) is 4.39 Å². The molecule has 0 saturated carbocycles. The van der Waals surface area contributed by atoms with Gasteiger partial charge in [0.15, 0.2) is 0 Å². The Morgan fingerprint density at radius 3 is 2.57 bits per heavy atom. The fraction of sp³-hybridized carbons (Fsp3) is 0.0909. The van der Waals surface area contributed by atoms with Crippen LogP contribution in [0.5, 0.6) is 0 Å². The Bertz CT molecular complexity index is 411. The molecule has 0 spiro atoms. The molecule has 1 aromatic heterocycles. The molecular formula is C11H10FNO. The Balaban J connectivity index is 2.37. The van der Waals surface area contributed by atoms with Crippen molar-refractivity contribution >= 4 is 0 Å². The van der Waals surface area contributed by atoms with Gasteiger partial charge in [0.2, 0.25) is 0 Å². The topological polar surface area (TPSA) is 39.2 Å². The van der Waals surface area contributed by atoms with Gasteiger partial charge in [-0.05, 0) is 18.2 Å². The summed E-state index contributed by atoms with van der Waals surface area (Å²) in [4.78, 5) is 0. The Morgan fingerprint density at radius 2 is 1.93 bits per heavy atom. The minimum atomic E-state index is -0.536. The number of halogens is 1. The fourth-order valence-electron chi connectivity index (χ4n) is 1.35. The zero-order chi connectivity index (χ0) is 9.97. The van der Waals surface area contributed by atoms with E-state index < -0.39 is 6.04 Å². The van der Waals surface area contributed by atoms with Crippen LogP contribution in [0.25, 0.3) is 0 Å². The van der Waals surface area contributed by atoms with Gasteiger partial charge in [-0.15, -0.1) is 0 Å². The van der Waals surface area contributed by atoms with E-state index in [1.54, 1.807) is 30.3 Å². The number of hydrogen-bond acceptors (Lipinski definition) is 2. The van der Waals surface area contributed by atoms with E-state index in [1.807, 2.05) is 0 Å². The summed E-state index contributed by atoms with van der Waals surface area (Å²) in [7, 11) is 0. The average Bonchev–Trinajstić information content (AvgIpc) is 2.70. The van der Waals surface area contributed by atoms with E-state index in [-0.39, 0.29) is 5.82 Å². The average molecular weight is 191 g/mol. The summed E-state index contributed by atoms with van der Waals surface area (Å²) >= 11 is 0. The van der Waals surface area contributed by atoms with Crippen LogP contribution in [-0.4, -0.2) is 0 Å². The zero-order valence-electron chi connectivity index (χ0n) is 7.48. The maximum absolute atomic E-state index is 13.3. The van der Waals surface area contributed by atoms with Gasteiger partial charge in [0.05, 0.1) is 12.3 Å². The quantitative estimate of drug-likeness (QED) is 0.791. The number of nitrogens with two attached hydrogens (primary N) is 1. The van der Waals surface area contributed by atoms with E-state index in [1.165, 1.54) is 12.3 Å². The molecule has 1 atom stereocenters. The van der Waals surface area contributed by atoms with Crippen molar-refractivity contribution in [3.05, 3.63) is 59.8 Å². The first-order valence-corrected chi connectivity index (χ1v) is 4.32. The van der Waals surface area contributed by atoms with Crippen LogP contribution in [0.2, 0.25) is 0 Å². The lowest BCUT2D eigenvalue weighted by atomic mass is 10.1. The number of rotatable bonds is 2. The Hall–Kier alpha value is -1.61. The molecule has 0 aliphatic heterocycles. The Kier molecular flexibility index (Phi) is 2.33. The standard InChI is InChI=1S/C11H10FNO/c12-9-5-2-1-4-8(9)11(13)10-6-3-7-14-10/h1-7,11H,13H2. The minimum Gasteiger partial charge on any atom is -0.467 e. The molecule has 1 heterocycles. The molecule has 0 radical (unpaired) electrons. The molecular weight excluding hydrogens is 181 g/mol. The molecule has 14 heavy (non-hydrogen) atoms. The van der Waals surface area contributed by atoms with E-state index in [0.717, 1.165) is 0 Å². The predicted octanol–water partition coefficient (Wildman–Crippen LogP) is 2.47. The van der Waals surface area contributed by atoms with Crippen molar-refractivity contribution in [2.45, 2.75) is 6.04 Å². The van der Waals surface area contributed by atoms with Crippen molar-refractivity contribution in [1.82, 2.24) is 0 Å². The second-order valence-electron chi connectivity index (χ2n) is 3.01.